The van der Waals surface area contributed by atoms with Crippen molar-refractivity contribution in [2.75, 3.05) is 13.2 Å². The van der Waals surface area contributed by atoms with Crippen molar-refractivity contribution in [1.29, 1.82) is 5.26 Å². The van der Waals surface area contributed by atoms with Crippen LogP contribution in [-0.4, -0.2) is 47.4 Å². The molecule has 0 radical (unpaired) electrons. The van der Waals surface area contributed by atoms with Gasteiger partial charge in [0, 0.05) is 12.1 Å². The number of rotatable bonds is 10. The molecule has 1 aliphatic rings. The number of benzene rings is 2. The molecule has 0 aromatic heterocycles. The molecule has 3 amide bonds. The number of urea groups is 1. The fourth-order valence-corrected chi connectivity index (χ4v) is 4.43. The second-order valence-electron chi connectivity index (χ2n) is 9.54. The maximum atomic E-state index is 13.3. The smallest absolute Gasteiger partial charge is 0.430 e. The number of unbranched alkanes of at least 4 members (excludes halogenated alkanes) is 1. The highest BCUT2D eigenvalue weighted by molar-refractivity contribution is 6.07. The fraction of sp³-hybridized carbons (Fsp3) is 0.444. The Morgan fingerprint density at radius 2 is 1.65 bits per heavy atom. The molecule has 0 bridgehead atoms. The summed E-state index contributed by atoms with van der Waals surface area (Å²) in [7, 11) is 0. The molecule has 1 saturated heterocycles. The van der Waals surface area contributed by atoms with Crippen LogP contribution in [0.15, 0.2) is 42.5 Å². The Kier molecular flexibility index (Phi) is 8.74. The third-order valence-corrected chi connectivity index (χ3v) is 6.72. The number of hydrogen-bond donors (Lipinski definition) is 2. The van der Waals surface area contributed by atoms with Gasteiger partial charge in [-0.2, -0.15) is 31.6 Å². The van der Waals surface area contributed by atoms with E-state index in [4.69, 9.17) is 10.00 Å². The lowest BCUT2D eigenvalue weighted by molar-refractivity contribution is -0.376. The molecule has 2 aromatic rings. The fourth-order valence-electron chi connectivity index (χ4n) is 4.43. The minimum Gasteiger partial charge on any atom is -0.493 e. The van der Waals surface area contributed by atoms with Gasteiger partial charge in [-0.05, 0) is 61.6 Å². The van der Waals surface area contributed by atoms with Gasteiger partial charge in [0.1, 0.15) is 11.3 Å². The van der Waals surface area contributed by atoms with E-state index in [0.717, 1.165) is 11.0 Å². The number of aliphatic hydroxyl groups is 1. The number of aryl methyl sites for hydroxylation is 1. The molecule has 40 heavy (non-hydrogen) atoms. The lowest BCUT2D eigenvalue weighted by Gasteiger charge is -2.33. The summed E-state index contributed by atoms with van der Waals surface area (Å²) in [5, 5.41) is 21.3. The number of amides is 3. The molecule has 2 N–H and O–H groups in total. The molecule has 13 heteroatoms. The van der Waals surface area contributed by atoms with Crippen molar-refractivity contribution in [2.24, 2.45) is 0 Å². The topological polar surface area (TPSA) is 103 Å². The van der Waals surface area contributed by atoms with E-state index in [0.29, 0.717) is 42.5 Å². The minimum absolute atomic E-state index is 0.00934. The van der Waals surface area contributed by atoms with Crippen LogP contribution in [0.3, 0.4) is 0 Å². The number of carbonyl (C=O) groups is 2. The molecule has 216 valence electrons. The summed E-state index contributed by atoms with van der Waals surface area (Å²) < 4.78 is 85.3. The molecule has 0 spiro atoms. The lowest BCUT2D eigenvalue weighted by Crippen LogP contribution is -2.53. The van der Waals surface area contributed by atoms with Crippen LogP contribution in [0.2, 0.25) is 0 Å². The third-order valence-electron chi connectivity index (χ3n) is 6.72. The standard InChI is InChI=1S/C27H27F6N3O4/c1-3-6-18-15-20(25(39,26(28,29)30)27(31,32)33)11-12-21(18)40-14-5-4-13-36-22(37)24(2,35-23(36)38)19-9-7-17(16-34)8-10-19/h7-12,15,39H,3-6,13-14H2,1-2H3,(H,35,38). The van der Waals surface area contributed by atoms with Crippen LogP contribution in [0.5, 0.6) is 5.75 Å². The Morgan fingerprint density at radius 3 is 2.20 bits per heavy atom. The van der Waals surface area contributed by atoms with Crippen molar-refractivity contribution in [3.05, 3.63) is 64.7 Å². The highest BCUT2D eigenvalue weighted by atomic mass is 19.4. The Balaban J connectivity index is 1.64. The van der Waals surface area contributed by atoms with E-state index >= 15 is 0 Å². The summed E-state index contributed by atoms with van der Waals surface area (Å²) in [6.07, 6.45) is -10.9. The van der Waals surface area contributed by atoms with Gasteiger partial charge < -0.3 is 15.2 Å². The van der Waals surface area contributed by atoms with E-state index in [1.54, 1.807) is 26.0 Å². The highest BCUT2D eigenvalue weighted by Crippen LogP contribution is 2.50. The van der Waals surface area contributed by atoms with Crippen LogP contribution >= 0.6 is 0 Å². The van der Waals surface area contributed by atoms with Crippen LogP contribution in [0.1, 0.15) is 55.4 Å². The Hall–Kier alpha value is -3.79. The Labute approximate surface area is 226 Å². The van der Waals surface area contributed by atoms with E-state index in [2.05, 4.69) is 5.32 Å². The number of nitrogens with zero attached hydrogens (tertiary/aromatic N) is 2. The lowest BCUT2D eigenvalue weighted by atomic mass is 9.90. The summed E-state index contributed by atoms with van der Waals surface area (Å²) in [6, 6.07) is 9.75. The molecule has 0 saturated carbocycles. The van der Waals surface area contributed by atoms with Gasteiger partial charge in [-0.3, -0.25) is 9.69 Å². The first-order chi connectivity index (χ1) is 18.6. The Morgan fingerprint density at radius 1 is 1.02 bits per heavy atom. The summed E-state index contributed by atoms with van der Waals surface area (Å²) in [5.74, 6) is -0.411. The first-order valence-electron chi connectivity index (χ1n) is 12.4. The van der Waals surface area contributed by atoms with Crippen molar-refractivity contribution in [3.63, 3.8) is 0 Å². The van der Waals surface area contributed by atoms with Gasteiger partial charge in [-0.25, -0.2) is 4.79 Å². The first kappa shape index (κ1) is 30.7. The summed E-state index contributed by atoms with van der Waals surface area (Å²) in [6.45, 7) is 3.29. The second kappa shape index (κ2) is 11.4. The van der Waals surface area contributed by atoms with Gasteiger partial charge in [0.2, 0.25) is 0 Å². The van der Waals surface area contributed by atoms with Crippen molar-refractivity contribution in [1.82, 2.24) is 10.2 Å². The molecule has 1 unspecified atom stereocenters. The first-order valence-corrected chi connectivity index (χ1v) is 12.4. The molecule has 3 rings (SSSR count). The van der Waals surface area contributed by atoms with Crippen molar-refractivity contribution < 1.29 is 45.8 Å². The number of halogens is 6. The number of carbonyl (C=O) groups excluding carboxylic acids is 2. The van der Waals surface area contributed by atoms with Gasteiger partial charge in [0.25, 0.3) is 11.5 Å². The number of imide groups is 1. The predicted octanol–water partition coefficient (Wildman–Crippen LogP) is 5.45. The highest BCUT2D eigenvalue weighted by Gasteiger charge is 2.71. The monoisotopic (exact) mass is 571 g/mol. The third kappa shape index (κ3) is 5.72. The van der Waals surface area contributed by atoms with Crippen LogP contribution in [-0.2, 0) is 22.4 Å². The predicted molar refractivity (Wildman–Crippen MR) is 130 cm³/mol. The number of alkyl halides is 6. The molecule has 7 nitrogen and oxygen atoms in total. The quantitative estimate of drug-likeness (QED) is 0.224. The SMILES string of the molecule is CCCc1cc(C(O)(C(F)(F)F)C(F)(F)F)ccc1OCCCCN1C(=O)NC(C)(c2ccc(C#N)cc2)C1=O. The number of nitriles is 1. The van der Waals surface area contributed by atoms with Gasteiger partial charge in [0.05, 0.1) is 18.2 Å². The number of nitrogens with one attached hydrogen (secondary N) is 1. The van der Waals surface area contributed by atoms with Gasteiger partial charge >= 0.3 is 18.4 Å². The average Bonchev–Trinajstić information content (AvgIpc) is 3.11. The maximum Gasteiger partial charge on any atom is 0.430 e. The summed E-state index contributed by atoms with van der Waals surface area (Å²) in [5.41, 5.74) is -6.73. The number of hydrogen-bond acceptors (Lipinski definition) is 5. The average molecular weight is 572 g/mol. The van der Waals surface area contributed by atoms with Crippen LogP contribution in [0.25, 0.3) is 0 Å². The van der Waals surface area contributed by atoms with Gasteiger partial charge in [0.15, 0.2) is 0 Å². The normalized spacial score (nSPS) is 18.1. The summed E-state index contributed by atoms with van der Waals surface area (Å²) in [4.78, 5) is 26.5. The maximum absolute atomic E-state index is 13.3. The molecule has 1 atom stereocenters. The zero-order valence-electron chi connectivity index (χ0n) is 21.6. The molecule has 1 fully saturated rings. The van der Waals surface area contributed by atoms with Crippen molar-refractivity contribution >= 4 is 11.9 Å². The zero-order valence-corrected chi connectivity index (χ0v) is 21.6. The van der Waals surface area contributed by atoms with Crippen molar-refractivity contribution in [2.45, 2.75) is 63.0 Å². The summed E-state index contributed by atoms with van der Waals surface area (Å²) >= 11 is 0. The molecule has 1 aliphatic heterocycles. The van der Waals surface area contributed by atoms with E-state index in [9.17, 15) is 41.0 Å². The largest absolute Gasteiger partial charge is 0.493 e. The van der Waals surface area contributed by atoms with E-state index in [1.165, 1.54) is 12.1 Å². The van der Waals surface area contributed by atoms with E-state index in [-0.39, 0.29) is 30.9 Å². The van der Waals surface area contributed by atoms with Crippen molar-refractivity contribution in [3.8, 4) is 11.8 Å². The molecule has 2 aromatic carbocycles. The van der Waals surface area contributed by atoms with Gasteiger partial charge in [-0.1, -0.05) is 31.5 Å². The molecular formula is C27H27F6N3O4. The van der Waals surface area contributed by atoms with Crippen LogP contribution in [0.4, 0.5) is 31.1 Å². The Bertz CT molecular complexity index is 1270. The second-order valence-corrected chi connectivity index (χ2v) is 9.54. The van der Waals surface area contributed by atoms with Crippen LogP contribution in [0, 0.1) is 11.3 Å². The molecule has 0 aliphatic carbocycles. The minimum atomic E-state index is -5.99. The van der Waals surface area contributed by atoms with E-state index < -0.39 is 41.0 Å². The van der Waals surface area contributed by atoms with E-state index in [1.807, 2.05) is 6.07 Å². The molecule has 1 heterocycles. The van der Waals surface area contributed by atoms with Gasteiger partial charge in [-0.15, -0.1) is 0 Å². The van der Waals surface area contributed by atoms with Crippen LogP contribution < -0.4 is 10.1 Å². The molecular weight excluding hydrogens is 544 g/mol. The number of ether oxygens (including phenoxy) is 1. The zero-order chi connectivity index (χ0) is 29.9.